The number of benzene rings is 1. The van der Waals surface area contributed by atoms with Crippen LogP contribution in [0, 0.1) is 0 Å². The molecular weight excluding hydrogens is 282 g/mol. The first kappa shape index (κ1) is 17.7. The van der Waals surface area contributed by atoms with E-state index in [0.717, 1.165) is 18.6 Å². The van der Waals surface area contributed by atoms with Gasteiger partial charge in [-0.3, -0.25) is 9.59 Å². The predicted molar refractivity (Wildman–Crippen MR) is 87.0 cm³/mol. The molecule has 2 amide bonds. The van der Waals surface area contributed by atoms with Crippen LogP contribution in [0.3, 0.4) is 0 Å². The molecule has 2 N–H and O–H groups in total. The first-order valence-corrected chi connectivity index (χ1v) is 7.31. The number of hydrogen-bond donors (Lipinski definition) is 2. The molecule has 1 aromatic rings. The molecule has 1 aromatic carbocycles. The van der Waals surface area contributed by atoms with Crippen LogP contribution in [0.2, 0.25) is 0 Å². The monoisotopic (exact) mass is 305 g/mol. The van der Waals surface area contributed by atoms with E-state index < -0.39 is 0 Å². The molecule has 0 aliphatic rings. The number of anilines is 1. The number of carbonyl (C=O) groups is 2. The number of nitrogens with one attached hydrogen (secondary N) is 2. The maximum atomic E-state index is 11.9. The Morgan fingerprint density at radius 3 is 2.45 bits per heavy atom. The molecule has 0 aromatic heterocycles. The zero-order chi connectivity index (χ0) is 16.4. The molecule has 6 heteroatoms. The summed E-state index contributed by atoms with van der Waals surface area (Å²) in [6.07, 6.45) is 2.37. The third kappa shape index (κ3) is 6.88. The van der Waals surface area contributed by atoms with Crippen molar-refractivity contribution in [2.75, 3.05) is 12.4 Å². The lowest BCUT2D eigenvalue weighted by atomic mass is 10.2. The van der Waals surface area contributed by atoms with E-state index in [-0.39, 0.29) is 18.2 Å². The summed E-state index contributed by atoms with van der Waals surface area (Å²) in [5, 5.41) is 6.68. The van der Waals surface area contributed by atoms with E-state index in [2.05, 4.69) is 15.8 Å². The first-order valence-electron chi connectivity index (χ1n) is 7.31. The number of ether oxygens (including phenoxy) is 1. The van der Waals surface area contributed by atoms with Crippen LogP contribution in [0.25, 0.3) is 0 Å². The third-order valence-electron chi connectivity index (χ3n) is 2.92. The normalized spacial score (nSPS) is 11.0. The molecule has 1 rings (SSSR count). The van der Waals surface area contributed by atoms with Gasteiger partial charge in [-0.15, -0.1) is 0 Å². The molecule has 0 aliphatic carbocycles. The van der Waals surface area contributed by atoms with Crippen molar-refractivity contribution < 1.29 is 14.3 Å². The fraction of sp³-hybridized carbons (Fsp3) is 0.438. The van der Waals surface area contributed by atoms with Crippen molar-refractivity contribution in [3.63, 3.8) is 0 Å². The van der Waals surface area contributed by atoms with Gasteiger partial charge in [0, 0.05) is 17.8 Å². The zero-order valence-corrected chi connectivity index (χ0v) is 13.3. The molecule has 0 fully saturated rings. The van der Waals surface area contributed by atoms with Crippen molar-refractivity contribution in [1.82, 2.24) is 5.43 Å². The van der Waals surface area contributed by atoms with Crippen LogP contribution in [0.1, 0.15) is 39.5 Å². The van der Waals surface area contributed by atoms with Gasteiger partial charge in [-0.05, 0) is 37.6 Å². The number of rotatable bonds is 8. The first-order chi connectivity index (χ1) is 10.5. The maximum Gasteiger partial charge on any atom is 0.240 e. The Balaban J connectivity index is 2.41. The summed E-state index contributed by atoms with van der Waals surface area (Å²) in [4.78, 5) is 23.3. The molecule has 120 valence electrons. The van der Waals surface area contributed by atoms with Gasteiger partial charge in [0.05, 0.1) is 13.5 Å². The number of methoxy groups -OCH3 is 1. The Morgan fingerprint density at radius 1 is 1.18 bits per heavy atom. The number of unbranched alkanes of at least 4 members (excludes halogenated alkanes) is 1. The van der Waals surface area contributed by atoms with Crippen molar-refractivity contribution in [1.29, 1.82) is 0 Å². The van der Waals surface area contributed by atoms with Crippen molar-refractivity contribution in [2.45, 2.75) is 39.5 Å². The Morgan fingerprint density at radius 2 is 1.86 bits per heavy atom. The zero-order valence-electron chi connectivity index (χ0n) is 13.3. The highest BCUT2D eigenvalue weighted by Crippen LogP contribution is 2.15. The average molecular weight is 305 g/mol. The Hall–Kier alpha value is -2.37. The highest BCUT2D eigenvalue weighted by atomic mass is 16.5. The second kappa shape index (κ2) is 9.55. The van der Waals surface area contributed by atoms with Gasteiger partial charge in [-0.25, -0.2) is 5.43 Å². The van der Waals surface area contributed by atoms with E-state index in [1.165, 1.54) is 0 Å². The van der Waals surface area contributed by atoms with Gasteiger partial charge in [0.1, 0.15) is 5.75 Å². The number of nitrogens with zero attached hydrogens (tertiary/aromatic N) is 1. The molecule has 0 atom stereocenters. The highest BCUT2D eigenvalue weighted by Gasteiger charge is 2.06. The SMILES string of the molecule is CCCCC(=O)N/N=C(/C)CC(=O)Nc1ccc(OC)cc1. The fourth-order valence-corrected chi connectivity index (χ4v) is 1.70. The van der Waals surface area contributed by atoms with E-state index in [0.29, 0.717) is 17.8 Å². The summed E-state index contributed by atoms with van der Waals surface area (Å²) < 4.78 is 5.05. The molecule has 0 spiro atoms. The van der Waals surface area contributed by atoms with Gasteiger partial charge in [0.2, 0.25) is 11.8 Å². The maximum absolute atomic E-state index is 11.9. The largest absolute Gasteiger partial charge is 0.497 e. The van der Waals surface area contributed by atoms with E-state index >= 15 is 0 Å². The van der Waals surface area contributed by atoms with Crippen molar-refractivity contribution >= 4 is 23.2 Å². The van der Waals surface area contributed by atoms with Crippen molar-refractivity contribution in [3.05, 3.63) is 24.3 Å². The fourth-order valence-electron chi connectivity index (χ4n) is 1.70. The van der Waals surface area contributed by atoms with Gasteiger partial charge in [0.15, 0.2) is 0 Å². The molecule has 22 heavy (non-hydrogen) atoms. The van der Waals surface area contributed by atoms with Gasteiger partial charge >= 0.3 is 0 Å². The van der Waals surface area contributed by atoms with Crippen LogP contribution in [-0.2, 0) is 9.59 Å². The summed E-state index contributed by atoms with van der Waals surface area (Å²) >= 11 is 0. The van der Waals surface area contributed by atoms with Crippen LogP contribution in [0.15, 0.2) is 29.4 Å². The molecule has 0 radical (unpaired) electrons. The molecular formula is C16H23N3O3. The lowest BCUT2D eigenvalue weighted by Crippen LogP contribution is -2.21. The number of carbonyl (C=O) groups excluding carboxylic acids is 2. The van der Waals surface area contributed by atoms with Gasteiger partial charge < -0.3 is 10.1 Å². The summed E-state index contributed by atoms with van der Waals surface area (Å²) in [6.45, 7) is 3.72. The highest BCUT2D eigenvalue weighted by molar-refractivity contribution is 6.05. The third-order valence-corrected chi connectivity index (χ3v) is 2.92. The predicted octanol–water partition coefficient (Wildman–Crippen LogP) is 2.71. The molecule has 6 nitrogen and oxygen atoms in total. The molecule has 0 aliphatic heterocycles. The minimum absolute atomic E-state index is 0.125. The van der Waals surface area contributed by atoms with Gasteiger partial charge in [-0.1, -0.05) is 13.3 Å². The summed E-state index contributed by atoms with van der Waals surface area (Å²) in [7, 11) is 1.59. The number of amides is 2. The van der Waals surface area contributed by atoms with Crippen LogP contribution < -0.4 is 15.5 Å². The van der Waals surface area contributed by atoms with Crippen molar-refractivity contribution in [2.24, 2.45) is 5.10 Å². The lowest BCUT2D eigenvalue weighted by molar-refractivity contribution is -0.121. The quantitative estimate of drug-likeness (QED) is 0.572. The number of hydrazone groups is 1. The second-order valence-corrected chi connectivity index (χ2v) is 4.94. The Bertz CT molecular complexity index is 524. The smallest absolute Gasteiger partial charge is 0.240 e. The summed E-state index contributed by atoms with van der Waals surface area (Å²) in [5.41, 5.74) is 3.69. The number of hydrogen-bond acceptors (Lipinski definition) is 4. The average Bonchev–Trinajstić information content (AvgIpc) is 2.51. The topological polar surface area (TPSA) is 79.8 Å². The van der Waals surface area contributed by atoms with Gasteiger partial charge in [0.25, 0.3) is 0 Å². The van der Waals surface area contributed by atoms with Crippen LogP contribution in [-0.4, -0.2) is 24.6 Å². The van der Waals surface area contributed by atoms with Crippen LogP contribution in [0.5, 0.6) is 5.75 Å². The lowest BCUT2D eigenvalue weighted by Gasteiger charge is -2.06. The molecule has 0 unspecified atom stereocenters. The second-order valence-electron chi connectivity index (χ2n) is 4.94. The van der Waals surface area contributed by atoms with E-state index in [9.17, 15) is 9.59 Å². The molecule has 0 bridgehead atoms. The van der Waals surface area contributed by atoms with E-state index in [4.69, 9.17) is 4.74 Å². The molecule has 0 heterocycles. The van der Waals surface area contributed by atoms with Crippen LogP contribution >= 0.6 is 0 Å². The van der Waals surface area contributed by atoms with Gasteiger partial charge in [-0.2, -0.15) is 5.10 Å². The van der Waals surface area contributed by atoms with Crippen molar-refractivity contribution in [3.8, 4) is 5.75 Å². The van der Waals surface area contributed by atoms with E-state index in [1.807, 2.05) is 6.92 Å². The van der Waals surface area contributed by atoms with Crippen LogP contribution in [0.4, 0.5) is 5.69 Å². The minimum atomic E-state index is -0.186. The Kier molecular flexibility index (Phi) is 7.67. The standard InChI is InChI=1S/C16H23N3O3/c1-4-5-6-15(20)19-18-12(2)11-16(21)17-13-7-9-14(22-3)10-8-13/h7-10H,4-6,11H2,1-3H3,(H,17,21)(H,19,20)/b18-12-. The summed E-state index contributed by atoms with van der Waals surface area (Å²) in [6, 6.07) is 7.06. The molecule has 0 saturated heterocycles. The minimum Gasteiger partial charge on any atom is -0.497 e. The Labute approximate surface area is 130 Å². The summed E-state index contributed by atoms with van der Waals surface area (Å²) in [5.74, 6) is 0.413. The van der Waals surface area contributed by atoms with E-state index in [1.54, 1.807) is 38.3 Å². The molecule has 0 saturated carbocycles.